The van der Waals surface area contributed by atoms with Crippen LogP contribution in [-0.4, -0.2) is 123 Å². The van der Waals surface area contributed by atoms with Crippen LogP contribution in [0.1, 0.15) is 204 Å². The molecule has 1 aliphatic heterocycles. The van der Waals surface area contributed by atoms with Crippen molar-refractivity contribution in [1.29, 1.82) is 0 Å². The summed E-state index contributed by atoms with van der Waals surface area (Å²) in [5, 5.41) is 57.9. The summed E-state index contributed by atoms with van der Waals surface area (Å²) in [6.07, 6.45) is 5.92. The molecule has 16 atom stereocenters. The second-order valence-electron chi connectivity index (χ2n) is 24.5. The van der Waals surface area contributed by atoms with Crippen molar-refractivity contribution in [2.75, 3.05) is 14.2 Å². The number of methoxy groups -OCH3 is 2. The summed E-state index contributed by atoms with van der Waals surface area (Å²) in [5.41, 5.74) is -3.95. The number of carbonyl (C=O) groups excluding carboxylic acids is 5. The highest BCUT2D eigenvalue weighted by atomic mass is 16.5. The van der Waals surface area contributed by atoms with Crippen LogP contribution in [0.2, 0.25) is 0 Å². The van der Waals surface area contributed by atoms with Crippen LogP contribution in [0, 0.1) is 46.3 Å². The van der Waals surface area contributed by atoms with Gasteiger partial charge in [-0.25, -0.2) is 0 Å². The van der Waals surface area contributed by atoms with Gasteiger partial charge in [0.05, 0.1) is 29.0 Å². The van der Waals surface area contributed by atoms with Crippen molar-refractivity contribution in [1.82, 2.24) is 0 Å². The summed E-state index contributed by atoms with van der Waals surface area (Å²) in [5.74, 6) is -5.80. The molecule has 3 aliphatic carbocycles. The Bertz CT molecular complexity index is 2010. The molecular formula is C61H100O14. The van der Waals surface area contributed by atoms with Gasteiger partial charge in [-0.3, -0.25) is 24.0 Å². The molecule has 0 aromatic heterocycles. The molecule has 0 radical (unpaired) electrons. The van der Waals surface area contributed by atoms with E-state index in [1.165, 1.54) is 13.2 Å². The fraction of sp³-hybridized carbons (Fsp3) is 0.820. The quantitative estimate of drug-likeness (QED) is 0.0563. The van der Waals surface area contributed by atoms with E-state index >= 15 is 0 Å². The van der Waals surface area contributed by atoms with E-state index in [0.29, 0.717) is 77.0 Å². The van der Waals surface area contributed by atoms with E-state index in [4.69, 9.17) is 18.9 Å². The lowest BCUT2D eigenvalue weighted by atomic mass is 9.60. The molecule has 0 saturated heterocycles. The fourth-order valence-corrected chi connectivity index (χ4v) is 12.8. The molecule has 0 aromatic carbocycles. The fourth-order valence-electron chi connectivity index (χ4n) is 12.8. The molecule has 2 unspecified atom stereocenters. The Morgan fingerprint density at radius 3 is 2.16 bits per heavy atom. The molecule has 428 valence electrons. The average molecular weight is 1060 g/mol. The van der Waals surface area contributed by atoms with E-state index in [9.17, 15) is 49.5 Å². The van der Waals surface area contributed by atoms with Crippen LogP contribution >= 0.6 is 0 Å². The number of esters is 1. The molecular weight excluding hydrogens is 957 g/mol. The third kappa shape index (κ3) is 16.0. The van der Waals surface area contributed by atoms with E-state index in [-0.39, 0.29) is 85.3 Å². The predicted octanol–water partition coefficient (Wildman–Crippen LogP) is 9.62. The SMILES string of the molecule is C=C(O[C@H]1CC[C@@H](C[C@@H](C)[C@@H]2CC(=O)[C@H](C)/C=C(\C)[C@@H](O)[C@@H](OC)C(=O)[C@H](O)C[C@H](O)CCCC/C=C(\C)[C@@H](CC)C[C@@]3(O)CC[C@@H](C)[C@@](O)(C3)C(=O)C(=O)C3CCCCC3(C)C(=O)O2)C[C@H]1OC)C(C)(CC)CC. The zero-order chi connectivity index (χ0) is 56.2. The van der Waals surface area contributed by atoms with E-state index in [1.807, 2.05) is 20.8 Å². The first-order valence-corrected chi connectivity index (χ1v) is 28.8. The molecule has 14 heteroatoms. The number of rotatable bonds is 11. The molecule has 2 bridgehead atoms. The van der Waals surface area contributed by atoms with Crippen molar-refractivity contribution in [2.24, 2.45) is 46.3 Å². The molecule has 4 rings (SSSR count). The molecule has 5 N–H and O–H groups in total. The van der Waals surface area contributed by atoms with Crippen molar-refractivity contribution >= 4 is 29.1 Å². The normalized spacial score (nSPS) is 39.3. The van der Waals surface area contributed by atoms with Gasteiger partial charge in [-0.05, 0) is 146 Å². The minimum Gasteiger partial charge on any atom is -0.492 e. The summed E-state index contributed by atoms with van der Waals surface area (Å²) in [6, 6.07) is 0. The number of Topliss-reactive ketones (excluding diaryl/α,β-unsaturated/α-hetero) is 4. The Hall–Kier alpha value is -3.11. The number of hydrogen-bond acceptors (Lipinski definition) is 14. The number of carbonyl (C=O) groups is 5. The van der Waals surface area contributed by atoms with Crippen molar-refractivity contribution < 1.29 is 68.5 Å². The summed E-state index contributed by atoms with van der Waals surface area (Å²) in [6.45, 7) is 23.3. The highest BCUT2D eigenvalue weighted by Crippen LogP contribution is 2.49. The highest BCUT2D eigenvalue weighted by Gasteiger charge is 2.58. The minimum absolute atomic E-state index is 0.0794. The Balaban J connectivity index is 1.72. The number of allylic oxidation sites excluding steroid dienone is 4. The molecule has 14 nitrogen and oxygen atoms in total. The molecule has 0 amide bonds. The second kappa shape index (κ2) is 28.2. The van der Waals surface area contributed by atoms with Gasteiger partial charge in [0, 0.05) is 50.7 Å². The third-order valence-corrected chi connectivity index (χ3v) is 19.1. The number of ketones is 4. The molecule has 0 spiro atoms. The van der Waals surface area contributed by atoms with Crippen LogP contribution in [0.15, 0.2) is 35.6 Å². The van der Waals surface area contributed by atoms with Gasteiger partial charge in [-0.2, -0.15) is 0 Å². The summed E-state index contributed by atoms with van der Waals surface area (Å²) >= 11 is 0. The highest BCUT2D eigenvalue weighted by molar-refractivity contribution is 6.41. The second-order valence-corrected chi connectivity index (χ2v) is 24.5. The van der Waals surface area contributed by atoms with Gasteiger partial charge >= 0.3 is 5.97 Å². The van der Waals surface area contributed by atoms with E-state index in [0.717, 1.165) is 30.6 Å². The molecule has 75 heavy (non-hydrogen) atoms. The molecule has 3 saturated carbocycles. The Labute approximate surface area is 450 Å². The summed E-state index contributed by atoms with van der Waals surface area (Å²) in [7, 11) is 2.92. The Morgan fingerprint density at radius 1 is 0.867 bits per heavy atom. The van der Waals surface area contributed by atoms with Crippen LogP contribution in [-0.2, 0) is 42.9 Å². The molecule has 4 aliphatic rings. The Kier molecular flexibility index (Phi) is 24.2. The van der Waals surface area contributed by atoms with E-state index in [2.05, 4.69) is 33.4 Å². The number of aliphatic hydroxyl groups is 5. The van der Waals surface area contributed by atoms with Gasteiger partial charge < -0.3 is 44.5 Å². The van der Waals surface area contributed by atoms with Gasteiger partial charge in [0.2, 0.25) is 11.6 Å². The average Bonchev–Trinajstić information content (AvgIpc) is 3.38. The molecule has 1 heterocycles. The number of ether oxygens (including phenoxy) is 4. The zero-order valence-corrected chi connectivity index (χ0v) is 48.1. The Morgan fingerprint density at radius 2 is 1.53 bits per heavy atom. The van der Waals surface area contributed by atoms with Gasteiger partial charge in [-0.1, -0.05) is 92.0 Å². The van der Waals surface area contributed by atoms with Gasteiger partial charge in [-0.15, -0.1) is 0 Å². The largest absolute Gasteiger partial charge is 0.492 e. The van der Waals surface area contributed by atoms with Crippen molar-refractivity contribution in [2.45, 2.75) is 258 Å². The first kappa shape index (κ1) is 64.4. The van der Waals surface area contributed by atoms with Crippen molar-refractivity contribution in [3.8, 4) is 0 Å². The van der Waals surface area contributed by atoms with Crippen LogP contribution in [0.4, 0.5) is 0 Å². The maximum atomic E-state index is 15.0. The van der Waals surface area contributed by atoms with Crippen molar-refractivity contribution in [3.63, 3.8) is 0 Å². The smallest absolute Gasteiger partial charge is 0.312 e. The number of hydrogen-bond donors (Lipinski definition) is 5. The lowest BCUT2D eigenvalue weighted by Crippen LogP contribution is -2.59. The van der Waals surface area contributed by atoms with Crippen molar-refractivity contribution in [3.05, 3.63) is 35.6 Å². The number of fused-ring (bicyclic) bond motifs is 3. The minimum atomic E-state index is -2.16. The van der Waals surface area contributed by atoms with E-state index in [1.54, 1.807) is 34.8 Å². The maximum absolute atomic E-state index is 15.0. The zero-order valence-electron chi connectivity index (χ0n) is 48.1. The van der Waals surface area contributed by atoms with Crippen LogP contribution in [0.25, 0.3) is 0 Å². The first-order chi connectivity index (χ1) is 35.2. The van der Waals surface area contributed by atoms with Crippen LogP contribution in [0.5, 0.6) is 0 Å². The molecule has 0 aromatic rings. The summed E-state index contributed by atoms with van der Waals surface area (Å²) in [4.78, 5) is 72.4. The van der Waals surface area contributed by atoms with E-state index < -0.39 is 88.2 Å². The topological polar surface area (TPSA) is 223 Å². The van der Waals surface area contributed by atoms with Crippen LogP contribution in [0.3, 0.4) is 0 Å². The standard InChI is InChI=1S/C61H100O14/c1-14-44-35-60(70)29-27-41(8)61(71,36-60)56(68)53(66)46-24-20-21-28-59(46,11)57(69)75-50(39(6)31-43-25-26-49(51(32-43)72-12)74-42(9)58(10,15-2)16-3)34-47(63)38(5)30-40(7)52(65)55(73-13)54(67)48(64)33-45(62)23-19-17-18-22-37(44)4/h22,30,38-39,41,43-46,48-52,55,62,64-65,70-71H,9,14-21,23-29,31-36H2,1-8,10-13H3/b37-22+,40-30+/t38-,39-,41-,43+,44+,45-,46?,48-,49+,50+,51-,52-,55-,59?,60+,61+/m1/s1. The molecule has 3 fully saturated rings. The summed E-state index contributed by atoms with van der Waals surface area (Å²) < 4.78 is 24.5. The van der Waals surface area contributed by atoms with Gasteiger partial charge in [0.15, 0.2) is 5.78 Å². The maximum Gasteiger partial charge on any atom is 0.312 e. The lowest BCUT2D eigenvalue weighted by molar-refractivity contribution is -0.178. The van der Waals surface area contributed by atoms with Gasteiger partial charge in [0.1, 0.15) is 41.9 Å². The predicted molar refractivity (Wildman–Crippen MR) is 289 cm³/mol. The number of aliphatic hydroxyl groups excluding tert-OH is 3. The van der Waals surface area contributed by atoms with Crippen LogP contribution < -0.4 is 0 Å². The number of cyclic esters (lactones) is 1. The van der Waals surface area contributed by atoms with Gasteiger partial charge in [0.25, 0.3) is 0 Å². The lowest BCUT2D eigenvalue weighted by Gasteiger charge is -2.47. The third-order valence-electron chi connectivity index (χ3n) is 19.1. The first-order valence-electron chi connectivity index (χ1n) is 28.8. The monoisotopic (exact) mass is 1060 g/mol.